The number of hydrogen-bond acceptors (Lipinski definition) is 2. The lowest BCUT2D eigenvalue weighted by Gasteiger charge is -2.11. The van der Waals surface area contributed by atoms with Gasteiger partial charge in [0.15, 0.2) is 0 Å². The van der Waals surface area contributed by atoms with Gasteiger partial charge >= 0.3 is 0 Å². The molecule has 21 heavy (non-hydrogen) atoms. The van der Waals surface area contributed by atoms with Gasteiger partial charge in [-0.1, -0.05) is 23.2 Å². The first kappa shape index (κ1) is 16.5. The predicted molar refractivity (Wildman–Crippen MR) is 81.3 cm³/mol. The minimum Gasteiger partial charge on any atom is -0.277 e. The molecule has 112 valence electrons. The quantitative estimate of drug-likeness (QED) is 0.778. The summed E-state index contributed by atoms with van der Waals surface area (Å²) in [5, 5.41) is -0.415. The SMILES string of the molecule is O=S(=O)(Nc1c(Cl)cc(F)cc1Cl)c1ccc(Br)c(F)c1. The number of halogens is 5. The smallest absolute Gasteiger partial charge is 0.262 e. The maximum absolute atomic E-state index is 13.4. The van der Waals surface area contributed by atoms with Crippen LogP contribution in [0.5, 0.6) is 0 Å². The molecule has 2 aromatic carbocycles. The first-order valence-electron chi connectivity index (χ1n) is 5.33. The van der Waals surface area contributed by atoms with Gasteiger partial charge in [0.05, 0.1) is 25.1 Å². The van der Waals surface area contributed by atoms with Crippen LogP contribution in [0.15, 0.2) is 39.7 Å². The molecule has 2 aromatic rings. The summed E-state index contributed by atoms with van der Waals surface area (Å²) in [6.45, 7) is 0. The number of hydrogen-bond donors (Lipinski definition) is 1. The second-order valence-electron chi connectivity index (χ2n) is 3.93. The second kappa shape index (κ2) is 6.08. The molecule has 0 aliphatic rings. The van der Waals surface area contributed by atoms with Crippen molar-refractivity contribution in [1.82, 2.24) is 0 Å². The molecule has 0 amide bonds. The Morgan fingerprint density at radius 3 is 2.14 bits per heavy atom. The van der Waals surface area contributed by atoms with Crippen molar-refractivity contribution in [3.8, 4) is 0 Å². The predicted octanol–water partition coefficient (Wildman–Crippen LogP) is 4.83. The monoisotopic (exact) mass is 415 g/mol. The highest BCUT2D eigenvalue weighted by Gasteiger charge is 2.19. The molecule has 0 aliphatic heterocycles. The molecule has 3 nitrogen and oxygen atoms in total. The fourth-order valence-corrected chi connectivity index (χ4v) is 3.50. The Bertz CT molecular complexity index is 792. The summed E-state index contributed by atoms with van der Waals surface area (Å²) in [6, 6.07) is 5.09. The summed E-state index contributed by atoms with van der Waals surface area (Å²) in [5.74, 6) is -1.45. The summed E-state index contributed by atoms with van der Waals surface area (Å²) >= 11 is 14.4. The van der Waals surface area contributed by atoms with Crippen molar-refractivity contribution >= 4 is 54.8 Å². The molecule has 0 atom stereocenters. The number of anilines is 1. The van der Waals surface area contributed by atoms with Crippen LogP contribution in [-0.2, 0) is 10.0 Å². The van der Waals surface area contributed by atoms with Gasteiger partial charge in [0.1, 0.15) is 11.6 Å². The van der Waals surface area contributed by atoms with Gasteiger partial charge in [-0.25, -0.2) is 17.2 Å². The Balaban J connectivity index is 2.44. The molecular formula is C12H6BrCl2F2NO2S. The molecule has 0 unspecified atom stereocenters. The molecule has 9 heteroatoms. The van der Waals surface area contributed by atoms with E-state index in [2.05, 4.69) is 20.7 Å². The van der Waals surface area contributed by atoms with Crippen LogP contribution in [0.3, 0.4) is 0 Å². The molecule has 0 aliphatic carbocycles. The normalized spacial score (nSPS) is 11.5. The third kappa shape index (κ3) is 3.66. The van der Waals surface area contributed by atoms with E-state index in [1.807, 2.05) is 0 Å². The molecular weight excluding hydrogens is 411 g/mol. The molecule has 1 N–H and O–H groups in total. The third-order valence-electron chi connectivity index (χ3n) is 2.44. The Morgan fingerprint density at radius 2 is 1.62 bits per heavy atom. The minimum atomic E-state index is -4.11. The van der Waals surface area contributed by atoms with E-state index in [1.54, 1.807) is 0 Å². The van der Waals surface area contributed by atoms with E-state index >= 15 is 0 Å². The Hall–Kier alpha value is -0.890. The lowest BCUT2D eigenvalue weighted by molar-refractivity contribution is 0.593. The highest BCUT2D eigenvalue weighted by Crippen LogP contribution is 2.33. The molecule has 0 saturated heterocycles. The molecule has 2 rings (SSSR count). The minimum absolute atomic E-state index is 0.124. The van der Waals surface area contributed by atoms with Gasteiger partial charge in [0, 0.05) is 0 Å². The molecule has 0 heterocycles. The maximum atomic E-state index is 13.4. The standard InChI is InChI=1S/C12H6BrCl2F2NO2S/c13-8-2-1-7(5-11(8)17)21(19,20)18-12-9(14)3-6(16)4-10(12)15/h1-5,18H. The van der Waals surface area contributed by atoms with E-state index in [1.165, 1.54) is 12.1 Å². The summed E-state index contributed by atoms with van der Waals surface area (Å²) < 4.78 is 53.0. The van der Waals surface area contributed by atoms with E-state index in [0.29, 0.717) is 0 Å². The van der Waals surface area contributed by atoms with Crippen LogP contribution in [0.1, 0.15) is 0 Å². The Kier molecular flexibility index (Phi) is 4.77. The van der Waals surface area contributed by atoms with E-state index < -0.39 is 21.7 Å². The van der Waals surface area contributed by atoms with Crippen LogP contribution < -0.4 is 4.72 Å². The van der Waals surface area contributed by atoms with E-state index in [0.717, 1.165) is 18.2 Å². The van der Waals surface area contributed by atoms with E-state index in [-0.39, 0.29) is 25.1 Å². The van der Waals surface area contributed by atoms with Gasteiger partial charge in [-0.15, -0.1) is 0 Å². The lowest BCUT2D eigenvalue weighted by atomic mass is 10.3. The zero-order valence-electron chi connectivity index (χ0n) is 10.0. The average molecular weight is 417 g/mol. The van der Waals surface area contributed by atoms with Crippen molar-refractivity contribution in [2.75, 3.05) is 4.72 Å². The number of nitrogens with one attached hydrogen (secondary N) is 1. The zero-order chi connectivity index (χ0) is 15.8. The van der Waals surface area contributed by atoms with Crippen LogP contribution in [0.4, 0.5) is 14.5 Å². The van der Waals surface area contributed by atoms with Crippen molar-refractivity contribution < 1.29 is 17.2 Å². The van der Waals surface area contributed by atoms with Crippen LogP contribution >= 0.6 is 39.1 Å². The number of benzene rings is 2. The summed E-state index contributed by atoms with van der Waals surface area (Å²) in [7, 11) is -4.11. The molecule has 0 saturated carbocycles. The van der Waals surface area contributed by atoms with Gasteiger partial charge in [-0.3, -0.25) is 4.72 Å². The van der Waals surface area contributed by atoms with E-state index in [9.17, 15) is 17.2 Å². The third-order valence-corrected chi connectivity index (χ3v) is 5.03. The van der Waals surface area contributed by atoms with Gasteiger partial charge in [0.2, 0.25) is 0 Å². The highest BCUT2D eigenvalue weighted by atomic mass is 79.9. The van der Waals surface area contributed by atoms with Crippen molar-refractivity contribution in [2.45, 2.75) is 4.90 Å². The lowest BCUT2D eigenvalue weighted by Crippen LogP contribution is -2.14. The van der Waals surface area contributed by atoms with Gasteiger partial charge < -0.3 is 0 Å². The zero-order valence-corrected chi connectivity index (χ0v) is 13.9. The molecule has 0 radical (unpaired) electrons. The van der Waals surface area contributed by atoms with Crippen LogP contribution in [0, 0.1) is 11.6 Å². The summed E-state index contributed by atoms with van der Waals surface area (Å²) in [4.78, 5) is -0.320. The van der Waals surface area contributed by atoms with Gasteiger partial charge in [-0.05, 0) is 46.3 Å². The maximum Gasteiger partial charge on any atom is 0.262 e. The molecule has 0 fully saturated rings. The number of sulfonamides is 1. The fraction of sp³-hybridized carbons (Fsp3) is 0. The first-order valence-corrected chi connectivity index (χ1v) is 8.36. The summed E-state index contributed by atoms with van der Waals surface area (Å²) in [5.41, 5.74) is -0.178. The highest BCUT2D eigenvalue weighted by molar-refractivity contribution is 9.10. The topological polar surface area (TPSA) is 46.2 Å². The van der Waals surface area contributed by atoms with Crippen molar-refractivity contribution in [2.24, 2.45) is 0 Å². The largest absolute Gasteiger partial charge is 0.277 e. The summed E-state index contributed by atoms with van der Waals surface area (Å²) in [6.07, 6.45) is 0. The molecule has 0 bridgehead atoms. The van der Waals surface area contributed by atoms with Crippen molar-refractivity contribution in [3.05, 3.63) is 56.5 Å². The average Bonchev–Trinajstić information content (AvgIpc) is 2.37. The van der Waals surface area contributed by atoms with Crippen LogP contribution in [0.2, 0.25) is 10.0 Å². The van der Waals surface area contributed by atoms with Gasteiger partial charge in [0.25, 0.3) is 10.0 Å². The van der Waals surface area contributed by atoms with Gasteiger partial charge in [-0.2, -0.15) is 0 Å². The first-order chi connectivity index (χ1) is 9.70. The van der Waals surface area contributed by atoms with Crippen LogP contribution in [0.25, 0.3) is 0 Å². The molecule has 0 spiro atoms. The van der Waals surface area contributed by atoms with Crippen molar-refractivity contribution in [1.29, 1.82) is 0 Å². The van der Waals surface area contributed by atoms with Crippen molar-refractivity contribution in [3.63, 3.8) is 0 Å². The molecule has 0 aromatic heterocycles. The van der Waals surface area contributed by atoms with E-state index in [4.69, 9.17) is 23.2 Å². The second-order valence-corrected chi connectivity index (χ2v) is 7.28. The fourth-order valence-electron chi connectivity index (χ4n) is 1.48. The van der Waals surface area contributed by atoms with Crippen LogP contribution in [-0.4, -0.2) is 8.42 Å². The number of rotatable bonds is 3. The Morgan fingerprint density at radius 1 is 1.05 bits per heavy atom. The Labute approximate surface area is 138 Å².